The number of piperidine rings is 1. The van der Waals surface area contributed by atoms with Gasteiger partial charge in [0.05, 0.1) is 18.8 Å². The molecule has 0 spiro atoms. The molecule has 5 nitrogen and oxygen atoms in total. The zero-order chi connectivity index (χ0) is 18.7. The second kappa shape index (κ2) is 8.37. The molecule has 0 unspecified atom stereocenters. The molecule has 4 rings (SSSR count). The van der Waals surface area contributed by atoms with E-state index in [0.29, 0.717) is 18.4 Å². The maximum absolute atomic E-state index is 14.2. The SMILES string of the molecule is FC1(F)C[C@@H](COc2cccnc2)N(C2CCN(C3CCOCC3)CC2)C1. The summed E-state index contributed by atoms with van der Waals surface area (Å²) in [6.45, 7) is 3.83. The summed E-state index contributed by atoms with van der Waals surface area (Å²) in [6, 6.07) is 4.19. The van der Waals surface area contributed by atoms with Crippen molar-refractivity contribution >= 4 is 0 Å². The zero-order valence-electron chi connectivity index (χ0n) is 15.7. The molecule has 4 heterocycles. The largest absolute Gasteiger partial charge is 0.490 e. The highest BCUT2D eigenvalue weighted by atomic mass is 19.3. The van der Waals surface area contributed by atoms with Crippen molar-refractivity contribution in [3.8, 4) is 5.75 Å². The van der Waals surface area contributed by atoms with Crippen molar-refractivity contribution in [3.63, 3.8) is 0 Å². The van der Waals surface area contributed by atoms with Crippen LogP contribution in [0.2, 0.25) is 0 Å². The molecule has 0 N–H and O–H groups in total. The highest BCUT2D eigenvalue weighted by Gasteiger charge is 2.48. The molecule has 0 aromatic carbocycles. The summed E-state index contributed by atoms with van der Waals surface area (Å²) in [6.07, 6.45) is 7.28. The van der Waals surface area contributed by atoms with Crippen molar-refractivity contribution in [2.45, 2.75) is 56.2 Å². The fourth-order valence-electron chi connectivity index (χ4n) is 4.76. The molecule has 1 atom stereocenters. The molecular formula is C20H29F2N3O2. The average molecular weight is 381 g/mol. The van der Waals surface area contributed by atoms with E-state index in [2.05, 4.69) is 9.88 Å². The average Bonchev–Trinajstić information content (AvgIpc) is 3.02. The quantitative estimate of drug-likeness (QED) is 0.784. The second-order valence-electron chi connectivity index (χ2n) is 8.00. The Kier molecular flexibility index (Phi) is 5.90. The van der Waals surface area contributed by atoms with E-state index in [4.69, 9.17) is 9.47 Å². The van der Waals surface area contributed by atoms with Gasteiger partial charge in [0.15, 0.2) is 0 Å². The molecule has 1 aromatic heterocycles. The third kappa shape index (κ3) is 4.76. The van der Waals surface area contributed by atoms with E-state index >= 15 is 0 Å². The van der Waals surface area contributed by atoms with Crippen LogP contribution >= 0.6 is 0 Å². The first-order valence-corrected chi connectivity index (χ1v) is 10.1. The summed E-state index contributed by atoms with van der Waals surface area (Å²) in [4.78, 5) is 8.57. The van der Waals surface area contributed by atoms with Gasteiger partial charge in [0, 0.05) is 37.9 Å². The smallest absolute Gasteiger partial charge is 0.262 e. The third-order valence-corrected chi connectivity index (χ3v) is 6.17. The van der Waals surface area contributed by atoms with Crippen molar-refractivity contribution in [2.24, 2.45) is 0 Å². The minimum absolute atomic E-state index is 0.118. The fraction of sp³-hybridized carbons (Fsp3) is 0.750. The van der Waals surface area contributed by atoms with Crippen LogP contribution < -0.4 is 4.74 Å². The van der Waals surface area contributed by atoms with Gasteiger partial charge < -0.3 is 14.4 Å². The van der Waals surface area contributed by atoms with Crippen LogP contribution in [0.25, 0.3) is 0 Å². The molecule has 0 radical (unpaired) electrons. The maximum Gasteiger partial charge on any atom is 0.262 e. The van der Waals surface area contributed by atoms with E-state index in [1.165, 1.54) is 0 Å². The number of aromatic nitrogens is 1. The van der Waals surface area contributed by atoms with Crippen LogP contribution in [0.1, 0.15) is 32.1 Å². The molecule has 3 aliphatic heterocycles. The number of alkyl halides is 2. The number of rotatable bonds is 5. The first-order chi connectivity index (χ1) is 13.1. The number of nitrogens with zero attached hydrogens (tertiary/aromatic N) is 3. The first kappa shape index (κ1) is 19.0. The van der Waals surface area contributed by atoms with Gasteiger partial charge in [-0.1, -0.05) is 0 Å². The van der Waals surface area contributed by atoms with Crippen molar-refractivity contribution in [1.82, 2.24) is 14.8 Å². The summed E-state index contributed by atoms with van der Waals surface area (Å²) in [7, 11) is 0. The van der Waals surface area contributed by atoms with E-state index < -0.39 is 5.92 Å². The summed E-state index contributed by atoms with van der Waals surface area (Å²) < 4.78 is 39.5. The van der Waals surface area contributed by atoms with E-state index in [0.717, 1.165) is 52.0 Å². The minimum Gasteiger partial charge on any atom is -0.490 e. The number of pyridine rings is 1. The van der Waals surface area contributed by atoms with Crippen molar-refractivity contribution in [2.75, 3.05) is 39.5 Å². The molecule has 3 aliphatic rings. The van der Waals surface area contributed by atoms with Crippen molar-refractivity contribution in [1.29, 1.82) is 0 Å². The van der Waals surface area contributed by atoms with Crippen LogP contribution in [0.15, 0.2) is 24.5 Å². The number of hydrogen-bond donors (Lipinski definition) is 0. The molecule has 3 fully saturated rings. The maximum atomic E-state index is 14.2. The lowest BCUT2D eigenvalue weighted by Crippen LogP contribution is -2.51. The van der Waals surface area contributed by atoms with Gasteiger partial charge in [0.1, 0.15) is 12.4 Å². The van der Waals surface area contributed by atoms with Crippen LogP contribution in [-0.4, -0.2) is 78.3 Å². The Morgan fingerprint density at radius 3 is 2.63 bits per heavy atom. The summed E-state index contributed by atoms with van der Waals surface area (Å²) in [5, 5.41) is 0. The van der Waals surface area contributed by atoms with Gasteiger partial charge >= 0.3 is 0 Å². The molecule has 27 heavy (non-hydrogen) atoms. The number of halogens is 2. The Balaban J connectivity index is 1.33. The lowest BCUT2D eigenvalue weighted by molar-refractivity contribution is -0.00747. The fourth-order valence-corrected chi connectivity index (χ4v) is 4.76. The highest BCUT2D eigenvalue weighted by Crippen LogP contribution is 2.36. The molecule has 1 aromatic rings. The molecule has 0 amide bonds. The summed E-state index contributed by atoms with van der Waals surface area (Å²) in [5.41, 5.74) is 0. The molecule has 0 bridgehead atoms. The monoisotopic (exact) mass is 381 g/mol. The second-order valence-corrected chi connectivity index (χ2v) is 8.00. The van der Waals surface area contributed by atoms with E-state index in [1.54, 1.807) is 18.5 Å². The van der Waals surface area contributed by atoms with Gasteiger partial charge in [-0.25, -0.2) is 8.78 Å². The molecule has 3 saturated heterocycles. The van der Waals surface area contributed by atoms with Crippen LogP contribution in [0.5, 0.6) is 5.75 Å². The Labute approximate surface area is 159 Å². The molecular weight excluding hydrogens is 352 g/mol. The predicted octanol–water partition coefficient (Wildman–Crippen LogP) is 2.81. The minimum atomic E-state index is -2.62. The summed E-state index contributed by atoms with van der Waals surface area (Å²) >= 11 is 0. The standard InChI is InChI=1S/C20H29F2N3O2/c21-20(22)12-18(14-27-19-2-1-7-23-13-19)25(15-20)17-3-8-24(9-4-17)16-5-10-26-11-6-16/h1-2,7,13,16-18H,3-6,8-12,14-15H2/t18-/m0/s1. The van der Waals surface area contributed by atoms with Crippen LogP contribution in [0, 0.1) is 0 Å². The van der Waals surface area contributed by atoms with Gasteiger partial charge in [0.25, 0.3) is 5.92 Å². The first-order valence-electron chi connectivity index (χ1n) is 10.1. The highest BCUT2D eigenvalue weighted by molar-refractivity contribution is 5.15. The Morgan fingerprint density at radius 1 is 1.15 bits per heavy atom. The molecule has 0 saturated carbocycles. The lowest BCUT2D eigenvalue weighted by atomic mass is 9.98. The van der Waals surface area contributed by atoms with Crippen molar-refractivity contribution in [3.05, 3.63) is 24.5 Å². The number of likely N-dealkylation sites (tertiary alicyclic amines) is 2. The number of hydrogen-bond acceptors (Lipinski definition) is 5. The molecule has 0 aliphatic carbocycles. The normalized spacial score (nSPS) is 28.4. The van der Waals surface area contributed by atoms with Crippen LogP contribution in [-0.2, 0) is 4.74 Å². The van der Waals surface area contributed by atoms with Gasteiger partial charge in [0.2, 0.25) is 0 Å². The Bertz CT molecular complexity index is 590. The van der Waals surface area contributed by atoms with Crippen molar-refractivity contribution < 1.29 is 18.3 Å². The van der Waals surface area contributed by atoms with E-state index in [1.807, 2.05) is 11.0 Å². The van der Waals surface area contributed by atoms with E-state index in [-0.39, 0.29) is 25.0 Å². The lowest BCUT2D eigenvalue weighted by Gasteiger charge is -2.42. The van der Waals surface area contributed by atoms with Gasteiger partial charge in [-0.2, -0.15) is 0 Å². The Hall–Kier alpha value is -1.31. The van der Waals surface area contributed by atoms with Gasteiger partial charge in [-0.15, -0.1) is 0 Å². The zero-order valence-corrected chi connectivity index (χ0v) is 15.7. The third-order valence-electron chi connectivity index (χ3n) is 6.17. The predicted molar refractivity (Wildman–Crippen MR) is 98.2 cm³/mol. The van der Waals surface area contributed by atoms with Crippen LogP contribution in [0.3, 0.4) is 0 Å². The van der Waals surface area contributed by atoms with Crippen LogP contribution in [0.4, 0.5) is 8.78 Å². The number of ether oxygens (including phenoxy) is 2. The van der Waals surface area contributed by atoms with Gasteiger partial charge in [-0.3, -0.25) is 9.88 Å². The summed E-state index contributed by atoms with van der Waals surface area (Å²) in [5.74, 6) is -1.98. The molecule has 150 valence electrons. The Morgan fingerprint density at radius 2 is 1.93 bits per heavy atom. The topological polar surface area (TPSA) is 37.8 Å². The van der Waals surface area contributed by atoms with Gasteiger partial charge in [-0.05, 0) is 50.9 Å². The molecule has 7 heteroatoms. The van der Waals surface area contributed by atoms with E-state index in [9.17, 15) is 8.78 Å².